The number of hydrogen-bond acceptors (Lipinski definition) is 5. The Morgan fingerprint density at radius 1 is 1.04 bits per heavy atom. The van der Waals surface area contributed by atoms with E-state index in [4.69, 9.17) is 9.15 Å². The van der Waals surface area contributed by atoms with Gasteiger partial charge in [-0.15, -0.1) is 10.2 Å². The van der Waals surface area contributed by atoms with Gasteiger partial charge in [-0.3, -0.25) is 4.79 Å². The fraction of sp³-hybridized carbons (Fsp3) is 0.286. The Labute approximate surface area is 162 Å². The van der Waals surface area contributed by atoms with Crippen LogP contribution in [0.3, 0.4) is 0 Å². The van der Waals surface area contributed by atoms with Crippen molar-refractivity contribution >= 4 is 5.91 Å². The van der Waals surface area contributed by atoms with Gasteiger partial charge in [0.15, 0.2) is 0 Å². The molecule has 0 aliphatic heterocycles. The molecule has 146 valence electrons. The predicted molar refractivity (Wildman–Crippen MR) is 101 cm³/mol. The Balaban J connectivity index is 1.41. The van der Waals surface area contributed by atoms with E-state index in [9.17, 15) is 9.18 Å². The smallest absolute Gasteiger partial charge is 0.220 e. The summed E-state index contributed by atoms with van der Waals surface area (Å²) in [5, 5.41) is 10.7. The van der Waals surface area contributed by atoms with E-state index < -0.39 is 0 Å². The zero-order chi connectivity index (χ0) is 19.8. The summed E-state index contributed by atoms with van der Waals surface area (Å²) in [5.74, 6) is 1.25. The third-order valence-electron chi connectivity index (χ3n) is 4.30. The van der Waals surface area contributed by atoms with Gasteiger partial charge in [-0.05, 0) is 30.2 Å². The Bertz CT molecular complexity index is 909. The van der Waals surface area contributed by atoms with Gasteiger partial charge in [0, 0.05) is 31.4 Å². The molecule has 0 bridgehead atoms. The average molecular weight is 383 g/mol. The van der Waals surface area contributed by atoms with Gasteiger partial charge in [0.25, 0.3) is 0 Å². The van der Waals surface area contributed by atoms with E-state index in [0.717, 1.165) is 17.7 Å². The fourth-order valence-electron chi connectivity index (χ4n) is 2.68. The van der Waals surface area contributed by atoms with Crippen molar-refractivity contribution in [1.29, 1.82) is 0 Å². The number of halogens is 1. The largest absolute Gasteiger partial charge is 0.497 e. The number of ether oxygens (including phenoxy) is 1. The lowest BCUT2D eigenvalue weighted by molar-refractivity contribution is -0.121. The molecule has 0 spiro atoms. The lowest BCUT2D eigenvalue weighted by Crippen LogP contribution is -2.23. The van der Waals surface area contributed by atoms with Crippen LogP contribution in [0.1, 0.15) is 29.3 Å². The molecule has 0 atom stereocenters. The monoisotopic (exact) mass is 383 g/mol. The number of carbonyl (C=O) groups excluding carboxylic acids is 1. The molecule has 6 nitrogen and oxygen atoms in total. The highest BCUT2D eigenvalue weighted by Gasteiger charge is 2.10. The topological polar surface area (TPSA) is 77.2 Å². The maximum Gasteiger partial charge on any atom is 0.220 e. The van der Waals surface area contributed by atoms with E-state index in [2.05, 4.69) is 15.5 Å². The molecular weight excluding hydrogens is 361 g/mol. The van der Waals surface area contributed by atoms with Gasteiger partial charge in [0.2, 0.25) is 17.7 Å². The molecule has 0 aliphatic carbocycles. The number of aryl methyl sites for hydroxylation is 3. The van der Waals surface area contributed by atoms with Crippen LogP contribution < -0.4 is 10.1 Å². The van der Waals surface area contributed by atoms with Crippen LogP contribution in [-0.4, -0.2) is 23.2 Å². The normalized spacial score (nSPS) is 10.6. The van der Waals surface area contributed by atoms with Crippen LogP contribution in [0.4, 0.5) is 4.39 Å². The second-order valence-corrected chi connectivity index (χ2v) is 6.31. The summed E-state index contributed by atoms with van der Waals surface area (Å²) in [4.78, 5) is 11.9. The number of hydrogen-bond donors (Lipinski definition) is 1. The van der Waals surface area contributed by atoms with Gasteiger partial charge < -0.3 is 14.5 Å². The van der Waals surface area contributed by atoms with Gasteiger partial charge in [-0.2, -0.15) is 0 Å². The standard InChI is InChI=1S/C21H22FN3O3/c1-27-17-9-6-15(7-10-17)8-12-20-24-25-21(28-20)13-11-19(26)23-14-16-4-2-3-5-18(16)22/h2-7,9-10H,8,11-14H2,1H3,(H,23,26). The number of nitrogens with one attached hydrogen (secondary N) is 1. The van der Waals surface area contributed by atoms with E-state index in [-0.39, 0.29) is 24.7 Å². The number of amides is 1. The molecular formula is C21H22FN3O3. The summed E-state index contributed by atoms with van der Waals surface area (Å²) in [6.45, 7) is 0.155. The van der Waals surface area contributed by atoms with Gasteiger partial charge in [0.1, 0.15) is 11.6 Å². The second-order valence-electron chi connectivity index (χ2n) is 6.31. The van der Waals surface area contributed by atoms with Gasteiger partial charge >= 0.3 is 0 Å². The second kappa shape index (κ2) is 9.64. The Kier molecular flexibility index (Phi) is 6.73. The lowest BCUT2D eigenvalue weighted by Gasteiger charge is -2.05. The zero-order valence-electron chi connectivity index (χ0n) is 15.7. The maximum atomic E-state index is 13.5. The first-order valence-corrected chi connectivity index (χ1v) is 9.08. The molecule has 0 fully saturated rings. The Hall–Kier alpha value is -3.22. The van der Waals surface area contributed by atoms with Gasteiger partial charge in [-0.25, -0.2) is 4.39 Å². The molecule has 0 unspecified atom stereocenters. The van der Waals surface area contributed by atoms with Crippen molar-refractivity contribution in [2.24, 2.45) is 0 Å². The number of benzene rings is 2. The van der Waals surface area contributed by atoms with E-state index in [0.29, 0.717) is 30.2 Å². The van der Waals surface area contributed by atoms with Crippen molar-refractivity contribution in [2.45, 2.75) is 32.2 Å². The molecule has 1 N–H and O–H groups in total. The molecule has 3 rings (SSSR count). The minimum atomic E-state index is -0.332. The van der Waals surface area contributed by atoms with E-state index >= 15 is 0 Å². The summed E-state index contributed by atoms with van der Waals surface area (Å²) in [7, 11) is 1.63. The van der Waals surface area contributed by atoms with Crippen LogP contribution in [0.5, 0.6) is 5.75 Å². The van der Waals surface area contributed by atoms with Crippen molar-refractivity contribution in [2.75, 3.05) is 7.11 Å². The molecule has 0 saturated carbocycles. The highest BCUT2D eigenvalue weighted by atomic mass is 19.1. The van der Waals surface area contributed by atoms with E-state index in [1.54, 1.807) is 25.3 Å². The first-order chi connectivity index (χ1) is 13.6. The maximum absolute atomic E-state index is 13.5. The van der Waals surface area contributed by atoms with E-state index in [1.807, 2.05) is 24.3 Å². The Morgan fingerprint density at radius 3 is 2.46 bits per heavy atom. The van der Waals surface area contributed by atoms with Crippen LogP contribution in [0.15, 0.2) is 52.9 Å². The summed E-state index contributed by atoms with van der Waals surface area (Å²) in [6, 6.07) is 14.2. The van der Waals surface area contributed by atoms with Gasteiger partial charge in [-0.1, -0.05) is 30.3 Å². The molecule has 0 saturated heterocycles. The third-order valence-corrected chi connectivity index (χ3v) is 4.30. The summed E-state index contributed by atoms with van der Waals surface area (Å²) < 4.78 is 24.3. The molecule has 1 aromatic heterocycles. The van der Waals surface area contributed by atoms with Crippen LogP contribution >= 0.6 is 0 Å². The highest BCUT2D eigenvalue weighted by Crippen LogP contribution is 2.13. The minimum Gasteiger partial charge on any atom is -0.497 e. The van der Waals surface area contributed by atoms with Crippen molar-refractivity contribution < 1.29 is 18.3 Å². The lowest BCUT2D eigenvalue weighted by atomic mass is 10.1. The van der Waals surface area contributed by atoms with Crippen molar-refractivity contribution in [3.05, 3.63) is 77.3 Å². The van der Waals surface area contributed by atoms with E-state index in [1.165, 1.54) is 6.07 Å². The Morgan fingerprint density at radius 2 is 1.75 bits per heavy atom. The highest BCUT2D eigenvalue weighted by molar-refractivity contribution is 5.76. The zero-order valence-corrected chi connectivity index (χ0v) is 15.7. The van der Waals surface area contributed by atoms with Gasteiger partial charge in [0.05, 0.1) is 7.11 Å². The number of rotatable bonds is 9. The minimum absolute atomic E-state index is 0.155. The summed E-state index contributed by atoms with van der Waals surface area (Å²) in [5.41, 5.74) is 1.60. The van der Waals surface area contributed by atoms with Crippen molar-refractivity contribution in [1.82, 2.24) is 15.5 Å². The van der Waals surface area contributed by atoms with Crippen LogP contribution in [0.2, 0.25) is 0 Å². The fourth-order valence-corrected chi connectivity index (χ4v) is 2.68. The number of aromatic nitrogens is 2. The van der Waals surface area contributed by atoms with Crippen LogP contribution in [-0.2, 0) is 30.6 Å². The number of methoxy groups -OCH3 is 1. The average Bonchev–Trinajstić information content (AvgIpc) is 3.18. The van der Waals surface area contributed by atoms with Crippen molar-refractivity contribution in [3.63, 3.8) is 0 Å². The van der Waals surface area contributed by atoms with Crippen LogP contribution in [0.25, 0.3) is 0 Å². The molecule has 3 aromatic rings. The first kappa shape index (κ1) is 19.5. The molecule has 1 amide bonds. The molecule has 2 aromatic carbocycles. The molecule has 7 heteroatoms. The first-order valence-electron chi connectivity index (χ1n) is 9.08. The molecule has 28 heavy (non-hydrogen) atoms. The predicted octanol–water partition coefficient (Wildman–Crippen LogP) is 3.25. The van der Waals surface area contributed by atoms with Crippen LogP contribution in [0, 0.1) is 5.82 Å². The molecule has 0 aliphatic rings. The number of carbonyl (C=O) groups is 1. The van der Waals surface area contributed by atoms with Crippen molar-refractivity contribution in [3.8, 4) is 5.75 Å². The SMILES string of the molecule is COc1ccc(CCc2nnc(CCC(=O)NCc3ccccc3F)o2)cc1. The molecule has 1 heterocycles. The summed E-state index contributed by atoms with van der Waals surface area (Å²) >= 11 is 0. The number of nitrogens with zero attached hydrogens (tertiary/aromatic N) is 2. The quantitative estimate of drug-likeness (QED) is 0.614. The summed E-state index contributed by atoms with van der Waals surface area (Å²) in [6.07, 6.45) is 1.95. The third kappa shape index (κ3) is 5.64. The molecule has 0 radical (unpaired) electrons.